The Balaban J connectivity index is 0.00000312. The molecule has 1 aromatic carbocycles. The predicted molar refractivity (Wildman–Crippen MR) is 96.5 cm³/mol. The zero-order valence-corrected chi connectivity index (χ0v) is 17.9. The van der Waals surface area contributed by atoms with E-state index in [1.165, 1.54) is 6.42 Å². The first-order valence-electron chi connectivity index (χ1n) is 8.90. The first-order valence-corrected chi connectivity index (χ1v) is 8.90. The van der Waals surface area contributed by atoms with E-state index < -0.39 is 0 Å². The average Bonchev–Trinajstić information content (AvgIpc) is 2.63. The molecular formula is C21H28O3Y-2. The van der Waals surface area contributed by atoms with E-state index in [0.29, 0.717) is 12.5 Å². The molecule has 1 radical (unpaired) electrons. The first kappa shape index (κ1) is 22.7. The topological polar surface area (TPSA) is 35.5 Å². The number of rotatable bonds is 10. The minimum atomic E-state index is -0.0449. The molecule has 135 valence electrons. The summed E-state index contributed by atoms with van der Waals surface area (Å²) in [6, 6.07) is 9.36. The molecule has 0 bridgehead atoms. The number of carbonyl (C=O) groups is 1. The van der Waals surface area contributed by atoms with Gasteiger partial charge >= 0.3 is 0 Å². The maximum absolute atomic E-state index is 12.1. The molecular weight excluding hydrogens is 389 g/mol. The van der Waals surface area contributed by atoms with Crippen LogP contribution in [0.4, 0.5) is 0 Å². The van der Waals surface area contributed by atoms with E-state index in [1.54, 1.807) is 6.08 Å². The van der Waals surface area contributed by atoms with Gasteiger partial charge in [0.2, 0.25) is 0 Å². The number of ether oxygens (including phenoxy) is 2. The van der Waals surface area contributed by atoms with Crippen molar-refractivity contribution >= 4 is 5.78 Å². The summed E-state index contributed by atoms with van der Waals surface area (Å²) in [5.41, 5.74) is 0.731. The molecule has 3 nitrogen and oxygen atoms in total. The molecule has 1 aliphatic rings. The van der Waals surface area contributed by atoms with Gasteiger partial charge in [-0.15, -0.1) is 0 Å². The monoisotopic (exact) mass is 417 g/mol. The second kappa shape index (κ2) is 13.8. The Hall–Kier alpha value is -0.346. The summed E-state index contributed by atoms with van der Waals surface area (Å²) in [5, 5.41) is 0. The third-order valence-electron chi connectivity index (χ3n) is 4.15. The van der Waals surface area contributed by atoms with Crippen molar-refractivity contribution in [3.63, 3.8) is 0 Å². The Morgan fingerprint density at radius 1 is 1.36 bits per heavy atom. The molecule has 0 spiro atoms. The second-order valence-electron chi connectivity index (χ2n) is 6.14. The normalized spacial score (nSPS) is 18.7. The van der Waals surface area contributed by atoms with Crippen molar-refractivity contribution in [3.8, 4) is 0 Å². The van der Waals surface area contributed by atoms with Crippen LogP contribution < -0.4 is 0 Å². The summed E-state index contributed by atoms with van der Waals surface area (Å²) in [5.74, 6) is 0.445. The van der Waals surface area contributed by atoms with Crippen LogP contribution in [0.2, 0.25) is 0 Å². The van der Waals surface area contributed by atoms with Gasteiger partial charge in [-0.3, -0.25) is 4.79 Å². The van der Waals surface area contributed by atoms with Crippen LogP contribution in [-0.2, 0) is 42.2 Å². The summed E-state index contributed by atoms with van der Waals surface area (Å²) >= 11 is 0. The van der Waals surface area contributed by atoms with Gasteiger partial charge in [-0.2, -0.15) is 12.8 Å². The second-order valence-corrected chi connectivity index (χ2v) is 6.14. The fourth-order valence-electron chi connectivity index (χ4n) is 2.78. The van der Waals surface area contributed by atoms with Crippen LogP contribution in [0.25, 0.3) is 0 Å². The minimum Gasteiger partial charge on any atom is -0.385 e. The van der Waals surface area contributed by atoms with E-state index in [0.717, 1.165) is 37.9 Å². The van der Waals surface area contributed by atoms with Gasteiger partial charge < -0.3 is 22.3 Å². The van der Waals surface area contributed by atoms with Crippen molar-refractivity contribution in [1.82, 2.24) is 0 Å². The van der Waals surface area contributed by atoms with Gasteiger partial charge in [0.15, 0.2) is 12.1 Å². The van der Waals surface area contributed by atoms with E-state index in [-0.39, 0.29) is 44.8 Å². The Morgan fingerprint density at radius 3 is 2.84 bits per heavy atom. The van der Waals surface area contributed by atoms with Crippen LogP contribution >= 0.6 is 0 Å². The molecule has 0 aliphatic carbocycles. The average molecular weight is 417 g/mol. The smallest absolute Gasteiger partial charge is 0.185 e. The maximum atomic E-state index is 12.1. The molecule has 1 heterocycles. The molecule has 25 heavy (non-hydrogen) atoms. The Bertz CT molecular complexity index is 495. The van der Waals surface area contributed by atoms with Crippen molar-refractivity contribution in [2.45, 2.75) is 45.3 Å². The van der Waals surface area contributed by atoms with Crippen LogP contribution in [0, 0.1) is 18.8 Å². The number of ketones is 1. The zero-order valence-electron chi connectivity index (χ0n) is 15.1. The van der Waals surface area contributed by atoms with Gasteiger partial charge in [0.05, 0.1) is 0 Å². The molecule has 4 heteroatoms. The molecule has 2 unspecified atom stereocenters. The van der Waals surface area contributed by atoms with Crippen molar-refractivity contribution in [2.75, 3.05) is 13.2 Å². The first-order chi connectivity index (χ1) is 11.8. The van der Waals surface area contributed by atoms with E-state index >= 15 is 0 Å². The molecule has 1 saturated heterocycles. The third kappa shape index (κ3) is 9.24. The standard InChI is InChI=1S/C21H28O3.Y/c1-2-9-18(15-17-24-21-14-6-7-16-23-21)10-8-13-20(22)19-11-4-3-5-12-19;/h2-5,8,11-13,15,18,21H,6-7,9-10,14,16-17H2,1H3;/q-2;. The van der Waals surface area contributed by atoms with Gasteiger partial charge in [-0.25, -0.2) is 6.42 Å². The van der Waals surface area contributed by atoms with Crippen molar-refractivity contribution in [1.29, 1.82) is 0 Å². The molecule has 0 amide bonds. The summed E-state index contributed by atoms with van der Waals surface area (Å²) < 4.78 is 11.3. The predicted octanol–water partition coefficient (Wildman–Crippen LogP) is 4.79. The number of carbonyl (C=O) groups excluding carboxylic acids is 1. The molecule has 2 atom stereocenters. The van der Waals surface area contributed by atoms with Gasteiger partial charge in [0.1, 0.15) is 0 Å². The quantitative estimate of drug-likeness (QED) is 0.312. The van der Waals surface area contributed by atoms with E-state index in [1.807, 2.05) is 36.4 Å². The summed E-state index contributed by atoms with van der Waals surface area (Å²) in [4.78, 5) is 12.1. The number of hydrogen-bond donors (Lipinski definition) is 0. The summed E-state index contributed by atoms with van der Waals surface area (Å²) in [6.45, 7) is 3.47. The molecule has 1 aromatic rings. The Morgan fingerprint density at radius 2 is 2.16 bits per heavy atom. The van der Waals surface area contributed by atoms with Gasteiger partial charge in [0, 0.05) is 44.9 Å². The SMILES string of the molecule is C[CH-]CC([CH-]COC1CCCCO1)CC=CC(=O)c1ccccc1.[Y]. The third-order valence-corrected chi connectivity index (χ3v) is 4.15. The Kier molecular flexibility index (Phi) is 12.5. The molecule has 0 N–H and O–H groups in total. The van der Waals surface area contributed by atoms with Crippen LogP contribution in [0.5, 0.6) is 0 Å². The van der Waals surface area contributed by atoms with Crippen LogP contribution in [0.15, 0.2) is 42.5 Å². The van der Waals surface area contributed by atoms with E-state index in [2.05, 4.69) is 19.8 Å². The largest absolute Gasteiger partial charge is 0.385 e. The van der Waals surface area contributed by atoms with Crippen LogP contribution in [-0.4, -0.2) is 25.3 Å². The number of benzene rings is 1. The zero-order chi connectivity index (χ0) is 17.0. The van der Waals surface area contributed by atoms with Crippen molar-refractivity contribution in [2.24, 2.45) is 5.92 Å². The molecule has 0 aromatic heterocycles. The minimum absolute atomic E-state index is 0. The number of hydrogen-bond acceptors (Lipinski definition) is 3. The molecule has 0 saturated carbocycles. The summed E-state index contributed by atoms with van der Waals surface area (Å²) in [6.07, 6.45) is 13.1. The van der Waals surface area contributed by atoms with E-state index in [4.69, 9.17) is 9.47 Å². The summed E-state index contributed by atoms with van der Waals surface area (Å²) in [7, 11) is 0. The maximum Gasteiger partial charge on any atom is 0.185 e. The molecule has 1 aliphatic heterocycles. The van der Waals surface area contributed by atoms with Gasteiger partial charge in [-0.05, 0) is 25.3 Å². The van der Waals surface area contributed by atoms with Gasteiger partial charge in [0.25, 0.3) is 0 Å². The fraction of sp³-hybridized carbons (Fsp3) is 0.476. The Labute approximate surface area is 177 Å². The molecule has 2 rings (SSSR count). The van der Waals surface area contributed by atoms with E-state index in [9.17, 15) is 4.79 Å². The van der Waals surface area contributed by atoms with Crippen molar-refractivity contribution < 1.29 is 47.0 Å². The molecule has 1 fully saturated rings. The van der Waals surface area contributed by atoms with Crippen LogP contribution in [0.3, 0.4) is 0 Å². The fourth-order valence-corrected chi connectivity index (χ4v) is 2.78. The van der Waals surface area contributed by atoms with Crippen LogP contribution in [0.1, 0.15) is 49.4 Å². The van der Waals surface area contributed by atoms with Crippen molar-refractivity contribution in [3.05, 3.63) is 60.9 Å². The van der Waals surface area contributed by atoms with Gasteiger partial charge in [-0.1, -0.05) is 49.4 Å². The number of allylic oxidation sites excluding steroid dienone is 2.